The highest BCUT2D eigenvalue weighted by Crippen LogP contribution is 2.23. The van der Waals surface area contributed by atoms with Gasteiger partial charge in [0, 0.05) is 11.6 Å². The smallest absolute Gasteiger partial charge is 0.171 e. The Labute approximate surface area is 124 Å². The lowest BCUT2D eigenvalue weighted by molar-refractivity contribution is 0.295. The highest BCUT2D eigenvalue weighted by molar-refractivity contribution is 5.32. The second kappa shape index (κ2) is 7.09. The monoisotopic (exact) mass is 289 g/mol. The molecule has 2 rings (SSSR count). The molecule has 0 aromatic heterocycles. The molecule has 0 saturated heterocycles. The topological polar surface area (TPSA) is 44.5 Å². The highest BCUT2D eigenvalue weighted by Gasteiger charge is 2.09. The summed E-state index contributed by atoms with van der Waals surface area (Å²) < 4.78 is 24.5. The van der Waals surface area contributed by atoms with Crippen molar-refractivity contribution in [2.24, 2.45) is 5.73 Å². The average molecular weight is 289 g/mol. The van der Waals surface area contributed by atoms with E-state index in [-0.39, 0.29) is 24.2 Å². The third-order valence-electron chi connectivity index (χ3n) is 3.41. The third kappa shape index (κ3) is 3.73. The molecule has 0 fully saturated rings. The van der Waals surface area contributed by atoms with E-state index in [1.54, 1.807) is 18.2 Å². The van der Waals surface area contributed by atoms with Crippen LogP contribution in [0, 0.1) is 5.82 Å². The van der Waals surface area contributed by atoms with Crippen LogP contribution in [0.4, 0.5) is 4.39 Å². The minimum absolute atomic E-state index is 0.0369. The predicted octanol–water partition coefficient (Wildman–Crippen LogP) is 3.82. The van der Waals surface area contributed by atoms with E-state index in [2.05, 4.69) is 0 Å². The second-order valence-corrected chi connectivity index (χ2v) is 4.81. The van der Waals surface area contributed by atoms with Gasteiger partial charge >= 0.3 is 0 Å². The van der Waals surface area contributed by atoms with Crippen molar-refractivity contribution in [3.8, 4) is 11.5 Å². The van der Waals surface area contributed by atoms with E-state index in [9.17, 15) is 4.39 Å². The van der Waals surface area contributed by atoms with Gasteiger partial charge in [0.15, 0.2) is 11.6 Å². The predicted molar refractivity (Wildman–Crippen MR) is 80.9 cm³/mol. The van der Waals surface area contributed by atoms with Crippen molar-refractivity contribution < 1.29 is 13.9 Å². The Morgan fingerprint density at radius 1 is 1.14 bits per heavy atom. The maximum atomic E-state index is 14.0. The van der Waals surface area contributed by atoms with Crippen molar-refractivity contribution in [3.05, 3.63) is 59.4 Å². The molecule has 1 unspecified atom stereocenters. The zero-order valence-corrected chi connectivity index (χ0v) is 12.3. The SMILES string of the molecule is CCC(N)c1ccc(OCc2cccc(OC)c2F)cc1. The molecular weight excluding hydrogens is 269 g/mol. The summed E-state index contributed by atoms with van der Waals surface area (Å²) in [5, 5.41) is 0. The van der Waals surface area contributed by atoms with Gasteiger partial charge in [0.2, 0.25) is 0 Å². The lowest BCUT2D eigenvalue weighted by Crippen LogP contribution is -2.08. The molecule has 2 aromatic carbocycles. The van der Waals surface area contributed by atoms with Gasteiger partial charge < -0.3 is 15.2 Å². The average Bonchev–Trinajstić information content (AvgIpc) is 2.53. The Hall–Kier alpha value is -2.07. The summed E-state index contributed by atoms with van der Waals surface area (Å²) in [4.78, 5) is 0. The number of benzene rings is 2. The molecule has 0 saturated carbocycles. The lowest BCUT2D eigenvalue weighted by Gasteiger charge is -2.12. The third-order valence-corrected chi connectivity index (χ3v) is 3.41. The molecule has 0 radical (unpaired) electrons. The molecule has 0 bridgehead atoms. The van der Waals surface area contributed by atoms with Gasteiger partial charge in [-0.1, -0.05) is 31.2 Å². The normalized spacial score (nSPS) is 12.0. The van der Waals surface area contributed by atoms with Crippen LogP contribution >= 0.6 is 0 Å². The van der Waals surface area contributed by atoms with Gasteiger partial charge in [0.05, 0.1) is 7.11 Å². The molecule has 4 heteroatoms. The van der Waals surface area contributed by atoms with Crippen LogP contribution in [0.25, 0.3) is 0 Å². The van der Waals surface area contributed by atoms with E-state index in [0.29, 0.717) is 11.3 Å². The van der Waals surface area contributed by atoms with Crippen molar-refractivity contribution in [1.82, 2.24) is 0 Å². The first-order chi connectivity index (χ1) is 10.2. The zero-order valence-electron chi connectivity index (χ0n) is 12.3. The first-order valence-electron chi connectivity index (χ1n) is 6.95. The van der Waals surface area contributed by atoms with Crippen LogP contribution in [0.1, 0.15) is 30.5 Å². The lowest BCUT2D eigenvalue weighted by atomic mass is 10.1. The van der Waals surface area contributed by atoms with E-state index in [1.165, 1.54) is 7.11 Å². The van der Waals surface area contributed by atoms with Gasteiger partial charge in [-0.3, -0.25) is 0 Å². The highest BCUT2D eigenvalue weighted by atomic mass is 19.1. The van der Waals surface area contributed by atoms with Crippen molar-refractivity contribution in [2.45, 2.75) is 26.0 Å². The summed E-state index contributed by atoms with van der Waals surface area (Å²) in [6.07, 6.45) is 0.884. The van der Waals surface area contributed by atoms with Gasteiger partial charge in [-0.2, -0.15) is 0 Å². The van der Waals surface area contributed by atoms with E-state index in [4.69, 9.17) is 15.2 Å². The standard InChI is InChI=1S/C17H20FNO2/c1-3-15(19)12-7-9-14(10-8-12)21-11-13-5-4-6-16(20-2)17(13)18/h4-10,15H,3,11,19H2,1-2H3. The van der Waals surface area contributed by atoms with Crippen molar-refractivity contribution in [1.29, 1.82) is 0 Å². The van der Waals surface area contributed by atoms with Crippen molar-refractivity contribution >= 4 is 0 Å². The minimum Gasteiger partial charge on any atom is -0.494 e. The van der Waals surface area contributed by atoms with Crippen LogP contribution in [0.3, 0.4) is 0 Å². The van der Waals surface area contributed by atoms with Crippen molar-refractivity contribution in [3.63, 3.8) is 0 Å². The number of halogens is 1. The summed E-state index contributed by atoms with van der Waals surface area (Å²) in [5.41, 5.74) is 7.49. The summed E-state index contributed by atoms with van der Waals surface area (Å²) in [6, 6.07) is 12.6. The van der Waals surface area contributed by atoms with Crippen LogP contribution in [0.5, 0.6) is 11.5 Å². The van der Waals surface area contributed by atoms with Crippen LogP contribution in [-0.4, -0.2) is 7.11 Å². The fourth-order valence-electron chi connectivity index (χ4n) is 2.03. The Morgan fingerprint density at radius 2 is 1.86 bits per heavy atom. The molecule has 0 heterocycles. The number of methoxy groups -OCH3 is 1. The summed E-state index contributed by atoms with van der Waals surface area (Å²) in [5.74, 6) is 0.522. The molecule has 0 aliphatic heterocycles. The molecule has 0 amide bonds. The minimum atomic E-state index is -0.385. The Morgan fingerprint density at radius 3 is 2.48 bits per heavy atom. The van der Waals surface area contributed by atoms with Crippen LogP contribution in [0.2, 0.25) is 0 Å². The zero-order chi connectivity index (χ0) is 15.2. The van der Waals surface area contributed by atoms with E-state index >= 15 is 0 Å². The number of rotatable bonds is 6. The molecule has 0 aliphatic rings. The number of hydrogen-bond donors (Lipinski definition) is 1. The molecule has 1 atom stereocenters. The number of hydrogen-bond acceptors (Lipinski definition) is 3. The van der Waals surface area contributed by atoms with Gasteiger partial charge in [-0.25, -0.2) is 4.39 Å². The van der Waals surface area contributed by atoms with Gasteiger partial charge in [0.1, 0.15) is 12.4 Å². The summed E-state index contributed by atoms with van der Waals surface area (Å²) in [7, 11) is 1.44. The van der Waals surface area contributed by atoms with E-state index in [0.717, 1.165) is 12.0 Å². The number of nitrogens with two attached hydrogens (primary N) is 1. The van der Waals surface area contributed by atoms with E-state index in [1.807, 2.05) is 31.2 Å². The van der Waals surface area contributed by atoms with Crippen LogP contribution in [0.15, 0.2) is 42.5 Å². The van der Waals surface area contributed by atoms with Crippen LogP contribution in [-0.2, 0) is 6.61 Å². The number of ether oxygens (including phenoxy) is 2. The Balaban J connectivity index is 2.03. The molecular formula is C17H20FNO2. The first-order valence-corrected chi connectivity index (χ1v) is 6.95. The van der Waals surface area contributed by atoms with Gasteiger partial charge in [-0.15, -0.1) is 0 Å². The Bertz CT molecular complexity index is 584. The van der Waals surface area contributed by atoms with Crippen molar-refractivity contribution in [2.75, 3.05) is 7.11 Å². The molecule has 0 spiro atoms. The quantitative estimate of drug-likeness (QED) is 0.879. The molecule has 21 heavy (non-hydrogen) atoms. The summed E-state index contributed by atoms with van der Waals surface area (Å²) in [6.45, 7) is 2.20. The fraction of sp³-hybridized carbons (Fsp3) is 0.294. The molecule has 112 valence electrons. The molecule has 3 nitrogen and oxygen atoms in total. The first kappa shape index (κ1) is 15.3. The van der Waals surface area contributed by atoms with Gasteiger partial charge in [-0.05, 0) is 30.2 Å². The molecule has 0 aliphatic carbocycles. The molecule has 2 aromatic rings. The molecule has 2 N–H and O–H groups in total. The Kier molecular flexibility index (Phi) is 5.17. The maximum absolute atomic E-state index is 14.0. The second-order valence-electron chi connectivity index (χ2n) is 4.81. The van der Waals surface area contributed by atoms with Crippen LogP contribution < -0.4 is 15.2 Å². The fourth-order valence-corrected chi connectivity index (χ4v) is 2.03. The largest absolute Gasteiger partial charge is 0.494 e. The van der Waals surface area contributed by atoms with E-state index < -0.39 is 0 Å². The van der Waals surface area contributed by atoms with Gasteiger partial charge in [0.25, 0.3) is 0 Å². The summed E-state index contributed by atoms with van der Waals surface area (Å²) >= 11 is 0. The maximum Gasteiger partial charge on any atom is 0.171 e.